The Labute approximate surface area is 183 Å². The van der Waals surface area contributed by atoms with Crippen molar-refractivity contribution in [3.63, 3.8) is 0 Å². The Morgan fingerprint density at radius 2 is 2.03 bits per heavy atom. The molecule has 0 spiro atoms. The summed E-state index contributed by atoms with van der Waals surface area (Å²) in [6, 6.07) is 4.77. The maximum Gasteiger partial charge on any atom is 0.191 e. The maximum absolute atomic E-state index is 5.57. The van der Waals surface area contributed by atoms with E-state index in [2.05, 4.69) is 51.7 Å². The summed E-state index contributed by atoms with van der Waals surface area (Å²) >= 11 is 1.87. The van der Waals surface area contributed by atoms with Crippen molar-refractivity contribution in [2.45, 2.75) is 46.2 Å². The lowest BCUT2D eigenvalue weighted by molar-refractivity contribution is 0.0177. The van der Waals surface area contributed by atoms with Gasteiger partial charge in [-0.3, -0.25) is 4.90 Å². The van der Waals surface area contributed by atoms with Gasteiger partial charge in [-0.2, -0.15) is 0 Å². The third-order valence-electron chi connectivity index (χ3n) is 5.42. The number of aliphatic imine (C=N–C) groups is 1. The number of guanidine groups is 1. The van der Waals surface area contributed by atoms with Gasteiger partial charge in [0, 0.05) is 43.0 Å². The highest BCUT2D eigenvalue weighted by atomic mass is 32.1. The molecule has 0 aromatic carbocycles. The monoisotopic (exact) mass is 433 g/mol. The Morgan fingerprint density at radius 1 is 1.23 bits per heavy atom. The zero-order chi connectivity index (χ0) is 21.3. The largest absolute Gasteiger partial charge is 0.379 e. The molecule has 0 bridgehead atoms. The van der Waals surface area contributed by atoms with Crippen LogP contribution in [0.5, 0.6) is 0 Å². The van der Waals surface area contributed by atoms with Crippen LogP contribution in [-0.2, 0) is 18.3 Å². The highest BCUT2D eigenvalue weighted by Gasteiger charge is 2.24. The van der Waals surface area contributed by atoms with Crippen LogP contribution in [0.4, 0.5) is 0 Å². The first-order chi connectivity index (χ1) is 14.6. The van der Waals surface area contributed by atoms with Gasteiger partial charge in [0.2, 0.25) is 0 Å². The SMILES string of the molecule is CCCCNC(=NCc1nnc(C)n1C)NCC(c1ccc(C)s1)N1CCOCC1. The second-order valence-electron chi connectivity index (χ2n) is 7.66. The molecule has 2 aromatic rings. The molecule has 3 rings (SSSR count). The van der Waals surface area contributed by atoms with Crippen molar-refractivity contribution in [2.75, 3.05) is 39.4 Å². The standard InChI is InChI=1S/C21H35N7OS/c1-5-6-9-22-21(24-15-20-26-25-17(3)27(20)4)23-14-18(19-8-7-16(2)30-19)28-10-12-29-13-11-28/h7-8,18H,5-6,9-15H2,1-4H3,(H2,22,23,24). The first-order valence-corrected chi connectivity index (χ1v) is 11.6. The quantitative estimate of drug-likeness (QED) is 0.359. The Bertz CT molecular complexity index is 810. The van der Waals surface area contributed by atoms with E-state index >= 15 is 0 Å². The molecule has 2 N–H and O–H groups in total. The van der Waals surface area contributed by atoms with E-state index in [1.54, 1.807) is 0 Å². The molecule has 0 radical (unpaired) electrons. The summed E-state index contributed by atoms with van der Waals surface area (Å²) in [4.78, 5) is 10.0. The number of aryl methyl sites for hydroxylation is 2. The topological polar surface area (TPSA) is 79.6 Å². The molecule has 2 aromatic heterocycles. The zero-order valence-corrected chi connectivity index (χ0v) is 19.5. The third-order valence-corrected chi connectivity index (χ3v) is 6.52. The number of hydrogen-bond donors (Lipinski definition) is 2. The van der Waals surface area contributed by atoms with Crippen LogP contribution in [0.2, 0.25) is 0 Å². The summed E-state index contributed by atoms with van der Waals surface area (Å²) in [7, 11) is 1.98. The Morgan fingerprint density at radius 3 is 2.67 bits per heavy atom. The average Bonchev–Trinajstić information content (AvgIpc) is 3.32. The molecular weight excluding hydrogens is 398 g/mol. The van der Waals surface area contributed by atoms with Crippen LogP contribution in [-0.4, -0.2) is 65.0 Å². The summed E-state index contributed by atoms with van der Waals surface area (Å²) in [5, 5.41) is 15.4. The van der Waals surface area contributed by atoms with E-state index < -0.39 is 0 Å². The number of aromatic nitrogens is 3. The van der Waals surface area contributed by atoms with Gasteiger partial charge in [0.05, 0.1) is 19.3 Å². The summed E-state index contributed by atoms with van der Waals surface area (Å²) in [5.74, 6) is 2.59. The van der Waals surface area contributed by atoms with Crippen molar-refractivity contribution in [1.82, 2.24) is 30.3 Å². The van der Waals surface area contributed by atoms with Gasteiger partial charge in [-0.1, -0.05) is 13.3 Å². The fourth-order valence-corrected chi connectivity index (χ4v) is 4.43. The van der Waals surface area contributed by atoms with Gasteiger partial charge in [-0.15, -0.1) is 21.5 Å². The van der Waals surface area contributed by atoms with Gasteiger partial charge >= 0.3 is 0 Å². The van der Waals surface area contributed by atoms with Gasteiger partial charge in [0.1, 0.15) is 12.4 Å². The van der Waals surface area contributed by atoms with Gasteiger partial charge in [-0.25, -0.2) is 4.99 Å². The second-order valence-corrected chi connectivity index (χ2v) is 8.98. The van der Waals surface area contributed by atoms with Crippen molar-refractivity contribution in [3.05, 3.63) is 33.5 Å². The Hall–Kier alpha value is -1.97. The first kappa shape index (κ1) is 22.7. The van der Waals surface area contributed by atoms with Crippen molar-refractivity contribution in [3.8, 4) is 0 Å². The van der Waals surface area contributed by atoms with Crippen LogP contribution in [0, 0.1) is 13.8 Å². The molecule has 1 atom stereocenters. The average molecular weight is 434 g/mol. The lowest BCUT2D eigenvalue weighted by atomic mass is 10.2. The molecule has 1 aliphatic rings. The number of ether oxygens (including phenoxy) is 1. The van der Waals surface area contributed by atoms with Crippen LogP contribution in [0.1, 0.15) is 47.2 Å². The third kappa shape index (κ3) is 6.26. The van der Waals surface area contributed by atoms with E-state index in [1.165, 1.54) is 9.75 Å². The van der Waals surface area contributed by atoms with E-state index in [9.17, 15) is 0 Å². The van der Waals surface area contributed by atoms with E-state index in [1.807, 2.05) is 29.9 Å². The van der Waals surface area contributed by atoms with Crippen LogP contribution < -0.4 is 10.6 Å². The predicted octanol–water partition coefficient (Wildman–Crippen LogP) is 2.40. The fraction of sp³-hybridized carbons (Fsp3) is 0.667. The number of rotatable bonds is 9. The summed E-state index contributed by atoms with van der Waals surface area (Å²) in [6.45, 7) is 12.0. The van der Waals surface area contributed by atoms with Gasteiger partial charge < -0.3 is 19.9 Å². The Balaban J connectivity index is 1.70. The van der Waals surface area contributed by atoms with Crippen molar-refractivity contribution < 1.29 is 4.74 Å². The molecular formula is C21H35N7OS. The Kier molecular flexibility index (Phi) is 8.65. The summed E-state index contributed by atoms with van der Waals surface area (Å²) < 4.78 is 7.56. The van der Waals surface area contributed by atoms with E-state index in [4.69, 9.17) is 9.73 Å². The highest BCUT2D eigenvalue weighted by molar-refractivity contribution is 7.12. The molecule has 1 saturated heterocycles. The molecule has 1 fully saturated rings. The molecule has 1 unspecified atom stereocenters. The van der Waals surface area contributed by atoms with Crippen LogP contribution in [0.25, 0.3) is 0 Å². The van der Waals surface area contributed by atoms with Gasteiger partial charge in [0.25, 0.3) is 0 Å². The second kappa shape index (κ2) is 11.4. The molecule has 0 saturated carbocycles. The molecule has 0 aliphatic carbocycles. The fourth-order valence-electron chi connectivity index (χ4n) is 3.42. The smallest absolute Gasteiger partial charge is 0.191 e. The number of thiophene rings is 1. The number of hydrogen-bond acceptors (Lipinski definition) is 6. The predicted molar refractivity (Wildman–Crippen MR) is 122 cm³/mol. The zero-order valence-electron chi connectivity index (χ0n) is 18.6. The van der Waals surface area contributed by atoms with Crippen LogP contribution >= 0.6 is 11.3 Å². The number of unbranched alkanes of at least 4 members (excludes halogenated alkanes) is 1. The first-order valence-electron chi connectivity index (χ1n) is 10.8. The van der Waals surface area contributed by atoms with E-state index in [0.29, 0.717) is 12.6 Å². The van der Waals surface area contributed by atoms with Crippen molar-refractivity contribution in [1.29, 1.82) is 0 Å². The van der Waals surface area contributed by atoms with Crippen molar-refractivity contribution in [2.24, 2.45) is 12.0 Å². The normalized spacial score (nSPS) is 16.6. The molecule has 8 nitrogen and oxygen atoms in total. The summed E-state index contributed by atoms with van der Waals surface area (Å²) in [5.41, 5.74) is 0. The minimum absolute atomic E-state index is 0.308. The molecule has 0 amide bonds. The molecule has 166 valence electrons. The van der Waals surface area contributed by atoms with E-state index in [-0.39, 0.29) is 0 Å². The highest BCUT2D eigenvalue weighted by Crippen LogP contribution is 2.27. The van der Waals surface area contributed by atoms with Crippen LogP contribution in [0.15, 0.2) is 17.1 Å². The van der Waals surface area contributed by atoms with Crippen LogP contribution in [0.3, 0.4) is 0 Å². The molecule has 1 aliphatic heterocycles. The van der Waals surface area contributed by atoms with Crippen molar-refractivity contribution >= 4 is 17.3 Å². The minimum atomic E-state index is 0.308. The summed E-state index contributed by atoms with van der Waals surface area (Å²) in [6.07, 6.45) is 2.26. The lowest BCUT2D eigenvalue weighted by Gasteiger charge is -2.34. The number of morpholine rings is 1. The number of nitrogens with zero attached hydrogens (tertiary/aromatic N) is 5. The molecule has 3 heterocycles. The molecule has 9 heteroatoms. The van der Waals surface area contributed by atoms with E-state index in [0.717, 1.165) is 69.8 Å². The molecule has 30 heavy (non-hydrogen) atoms. The number of nitrogens with one attached hydrogen (secondary N) is 2. The lowest BCUT2D eigenvalue weighted by Crippen LogP contribution is -2.46. The van der Waals surface area contributed by atoms with Gasteiger partial charge in [-0.05, 0) is 32.4 Å². The minimum Gasteiger partial charge on any atom is -0.379 e. The van der Waals surface area contributed by atoms with Gasteiger partial charge in [0.15, 0.2) is 11.8 Å². The maximum atomic E-state index is 5.57.